The van der Waals surface area contributed by atoms with E-state index in [4.69, 9.17) is 0 Å². The molecule has 0 fully saturated rings. The summed E-state index contributed by atoms with van der Waals surface area (Å²) >= 11 is 0. The highest BCUT2D eigenvalue weighted by atomic mass is 19.4. The quantitative estimate of drug-likeness (QED) is 0.103. The number of nitrogens with zero attached hydrogens (tertiary/aromatic N) is 1. The third kappa shape index (κ3) is 9.60. The fourth-order valence-corrected chi connectivity index (χ4v) is 5.48. The van der Waals surface area contributed by atoms with Crippen LogP contribution in [0.5, 0.6) is 0 Å². The Balaban J connectivity index is 1.87. The van der Waals surface area contributed by atoms with Crippen LogP contribution in [0, 0.1) is 0 Å². The monoisotopic (exact) mass is 583 g/mol. The van der Waals surface area contributed by atoms with Crippen molar-refractivity contribution >= 4 is 21.5 Å². The van der Waals surface area contributed by atoms with Crippen LogP contribution >= 0.6 is 0 Å². The molecule has 41 heavy (non-hydrogen) atoms. The molecule has 0 aromatic heterocycles. The van der Waals surface area contributed by atoms with Crippen molar-refractivity contribution < 1.29 is 31.4 Å². The van der Waals surface area contributed by atoms with Crippen LogP contribution in [0.3, 0.4) is 0 Å². The zero-order valence-corrected chi connectivity index (χ0v) is 24.2. The Morgan fingerprint density at radius 3 is 1.66 bits per heavy atom. The fourth-order valence-electron chi connectivity index (χ4n) is 5.48. The van der Waals surface area contributed by atoms with Gasteiger partial charge in [-0.15, -0.1) is 0 Å². The molecule has 0 radical (unpaired) electrons. The van der Waals surface area contributed by atoms with Gasteiger partial charge in [0.1, 0.15) is 0 Å². The van der Waals surface area contributed by atoms with Crippen LogP contribution in [0.25, 0.3) is 21.5 Å². The molecule has 0 saturated heterocycles. The van der Waals surface area contributed by atoms with Gasteiger partial charge in [0.05, 0.1) is 17.2 Å². The van der Waals surface area contributed by atoms with Gasteiger partial charge >= 0.3 is 12.4 Å². The highest BCUT2D eigenvalue weighted by molar-refractivity contribution is 6.09. The van der Waals surface area contributed by atoms with Gasteiger partial charge in [-0.25, -0.2) is 0 Å². The average Bonchev–Trinajstić information content (AvgIpc) is 2.93. The zero-order chi connectivity index (χ0) is 30.0. The van der Waals surface area contributed by atoms with Crippen molar-refractivity contribution in [2.45, 2.75) is 103 Å². The van der Waals surface area contributed by atoms with Gasteiger partial charge in [-0.3, -0.25) is 0 Å². The zero-order valence-electron chi connectivity index (χ0n) is 24.2. The third-order valence-electron chi connectivity index (χ3n) is 7.87. The summed E-state index contributed by atoms with van der Waals surface area (Å²) in [4.78, 5) is 2.36. The Kier molecular flexibility index (Phi) is 12.3. The van der Waals surface area contributed by atoms with Crippen molar-refractivity contribution in [3.05, 3.63) is 59.2 Å². The standard InChI is InChI=1S/C33H43F6NO/c1-3-5-7-9-11-18-40(19-12-10-8-6-4-2)20-17-31(41)30-21-24-13-14-25(32(34,35)36)22-28(24)29-23-26(33(37,38)39)15-16-27(29)30/h13-16,21-23,31,41H,3-12,17-20H2,1-2H3. The number of aliphatic hydroxyl groups excluding tert-OH is 1. The molecule has 1 unspecified atom stereocenters. The van der Waals surface area contributed by atoms with Crippen molar-refractivity contribution in [1.29, 1.82) is 0 Å². The topological polar surface area (TPSA) is 23.5 Å². The van der Waals surface area contributed by atoms with E-state index in [0.29, 0.717) is 29.3 Å². The van der Waals surface area contributed by atoms with Gasteiger partial charge in [0.2, 0.25) is 0 Å². The van der Waals surface area contributed by atoms with Crippen molar-refractivity contribution in [2.75, 3.05) is 19.6 Å². The second-order valence-electron chi connectivity index (χ2n) is 11.1. The van der Waals surface area contributed by atoms with Crippen molar-refractivity contribution in [1.82, 2.24) is 4.90 Å². The molecule has 3 aromatic rings. The van der Waals surface area contributed by atoms with Gasteiger partial charge in [-0.05, 0) is 89.8 Å². The molecule has 0 aliphatic heterocycles. The van der Waals surface area contributed by atoms with Crippen LogP contribution in [0.15, 0.2) is 42.5 Å². The number of rotatable bonds is 16. The summed E-state index contributed by atoms with van der Waals surface area (Å²) in [6.45, 7) is 6.85. The van der Waals surface area contributed by atoms with E-state index in [1.54, 1.807) is 6.07 Å². The summed E-state index contributed by atoms with van der Waals surface area (Å²) in [5.41, 5.74) is -1.43. The maximum atomic E-state index is 13.6. The first-order valence-electron chi connectivity index (χ1n) is 15.0. The minimum Gasteiger partial charge on any atom is -0.388 e. The van der Waals surface area contributed by atoms with Crippen LogP contribution in [0.1, 0.15) is 107 Å². The van der Waals surface area contributed by atoms with Crippen LogP contribution in [0.2, 0.25) is 0 Å². The number of alkyl halides is 6. The molecule has 0 saturated carbocycles. The molecule has 1 atom stereocenters. The molecule has 2 nitrogen and oxygen atoms in total. The van der Waals surface area contributed by atoms with Crippen LogP contribution in [-0.2, 0) is 12.4 Å². The summed E-state index contributed by atoms with van der Waals surface area (Å²) < 4.78 is 81.0. The fraction of sp³-hybridized carbons (Fsp3) is 0.576. The van der Waals surface area contributed by atoms with Crippen molar-refractivity contribution in [2.24, 2.45) is 0 Å². The van der Waals surface area contributed by atoms with E-state index in [1.165, 1.54) is 50.7 Å². The largest absolute Gasteiger partial charge is 0.416 e. The van der Waals surface area contributed by atoms with E-state index in [0.717, 1.165) is 63.0 Å². The molecule has 0 aliphatic carbocycles. The molecule has 0 bridgehead atoms. The Morgan fingerprint density at radius 1 is 0.610 bits per heavy atom. The Labute approximate surface area is 239 Å². The summed E-state index contributed by atoms with van der Waals surface area (Å²) in [7, 11) is 0. The number of unbranched alkanes of at least 4 members (excludes halogenated alkanes) is 8. The highest BCUT2D eigenvalue weighted by Crippen LogP contribution is 2.40. The second-order valence-corrected chi connectivity index (χ2v) is 11.1. The molecule has 0 aliphatic rings. The maximum absolute atomic E-state index is 13.6. The lowest BCUT2D eigenvalue weighted by atomic mass is 9.91. The summed E-state index contributed by atoms with van der Waals surface area (Å²) in [5.74, 6) is 0. The van der Waals surface area contributed by atoms with E-state index in [-0.39, 0.29) is 10.8 Å². The molecule has 1 N–H and O–H groups in total. The number of benzene rings is 3. The normalized spacial score (nSPS) is 13.5. The van der Waals surface area contributed by atoms with Crippen LogP contribution in [-0.4, -0.2) is 29.6 Å². The lowest BCUT2D eigenvalue weighted by Crippen LogP contribution is -2.28. The SMILES string of the molecule is CCCCCCCN(CCCCCCC)CCC(O)c1cc2ccc(C(F)(F)F)cc2c2cc(C(F)(F)F)ccc12. The maximum Gasteiger partial charge on any atom is 0.416 e. The Bertz CT molecular complexity index is 1220. The molecular weight excluding hydrogens is 540 g/mol. The molecule has 3 rings (SSSR count). The van der Waals surface area contributed by atoms with Crippen molar-refractivity contribution in [3.8, 4) is 0 Å². The number of hydrogen-bond acceptors (Lipinski definition) is 2. The second kappa shape index (κ2) is 15.2. The molecular formula is C33H43F6NO. The highest BCUT2D eigenvalue weighted by Gasteiger charge is 2.33. The number of fused-ring (bicyclic) bond motifs is 3. The Hall–Kier alpha value is -2.32. The first-order valence-corrected chi connectivity index (χ1v) is 15.0. The van der Waals surface area contributed by atoms with Gasteiger partial charge in [0, 0.05) is 6.54 Å². The van der Waals surface area contributed by atoms with Gasteiger partial charge in [0.25, 0.3) is 0 Å². The summed E-state index contributed by atoms with van der Waals surface area (Å²) in [6, 6.07) is 7.81. The van der Waals surface area contributed by atoms with E-state index in [1.807, 2.05) is 0 Å². The predicted octanol–water partition coefficient (Wildman–Crippen LogP) is 10.7. The minimum absolute atomic E-state index is 0.0566. The predicted molar refractivity (Wildman–Crippen MR) is 155 cm³/mol. The average molecular weight is 584 g/mol. The van der Waals surface area contributed by atoms with Gasteiger partial charge < -0.3 is 10.0 Å². The number of hydrogen-bond donors (Lipinski definition) is 1. The molecule has 0 spiro atoms. The van der Waals surface area contributed by atoms with Crippen LogP contribution in [0.4, 0.5) is 26.3 Å². The van der Waals surface area contributed by atoms with E-state index >= 15 is 0 Å². The molecule has 8 heteroatoms. The summed E-state index contributed by atoms with van der Waals surface area (Å²) in [6.07, 6.45) is 1.76. The van der Waals surface area contributed by atoms with E-state index < -0.39 is 29.6 Å². The summed E-state index contributed by atoms with van der Waals surface area (Å²) in [5, 5.41) is 12.1. The minimum atomic E-state index is -4.65. The molecule has 3 aromatic carbocycles. The van der Waals surface area contributed by atoms with E-state index in [2.05, 4.69) is 18.7 Å². The molecule has 228 valence electrons. The van der Waals surface area contributed by atoms with Crippen molar-refractivity contribution in [3.63, 3.8) is 0 Å². The molecule has 0 amide bonds. The number of aliphatic hydroxyl groups is 1. The van der Waals surface area contributed by atoms with Crippen LogP contribution < -0.4 is 0 Å². The molecule has 0 heterocycles. The Morgan fingerprint density at radius 2 is 1.12 bits per heavy atom. The van der Waals surface area contributed by atoms with Gasteiger partial charge in [-0.1, -0.05) is 77.3 Å². The lowest BCUT2D eigenvalue weighted by molar-refractivity contribution is -0.138. The van der Waals surface area contributed by atoms with Gasteiger partial charge in [0.15, 0.2) is 0 Å². The first-order chi connectivity index (χ1) is 19.5. The lowest BCUT2D eigenvalue weighted by Gasteiger charge is -2.25. The first kappa shape index (κ1) is 33.2. The van der Waals surface area contributed by atoms with E-state index in [9.17, 15) is 31.4 Å². The van der Waals surface area contributed by atoms with Gasteiger partial charge in [-0.2, -0.15) is 26.3 Å². The third-order valence-corrected chi connectivity index (χ3v) is 7.87. The number of halogens is 6. The smallest absolute Gasteiger partial charge is 0.388 e.